The minimum Gasteiger partial charge on any atom is -0.493 e. The van der Waals surface area contributed by atoms with Gasteiger partial charge in [-0.25, -0.2) is 0 Å². The van der Waals surface area contributed by atoms with Gasteiger partial charge in [0.05, 0.1) is 12.9 Å². The van der Waals surface area contributed by atoms with Crippen LogP contribution in [0.4, 0.5) is 0 Å². The molecule has 1 aliphatic rings. The Bertz CT molecular complexity index is 656. The summed E-state index contributed by atoms with van der Waals surface area (Å²) in [6.07, 6.45) is 3.45. The van der Waals surface area contributed by atoms with Crippen LogP contribution in [-0.4, -0.2) is 34.8 Å². The van der Waals surface area contributed by atoms with Crippen LogP contribution in [0.1, 0.15) is 12.5 Å². The summed E-state index contributed by atoms with van der Waals surface area (Å²) in [5.41, 5.74) is 1.23. The molecule has 1 aliphatic heterocycles. The van der Waals surface area contributed by atoms with Crippen LogP contribution < -0.4 is 9.47 Å². The predicted octanol–water partition coefficient (Wildman–Crippen LogP) is 4.21. The quantitative estimate of drug-likeness (QED) is 0.734. The molecule has 0 spiro atoms. The van der Waals surface area contributed by atoms with E-state index in [2.05, 4.69) is 18.0 Å². The van der Waals surface area contributed by atoms with Crippen LogP contribution in [0, 0.1) is 0 Å². The maximum Gasteiger partial charge on any atom is 0.210 e. The average Bonchev–Trinajstić information content (AvgIpc) is 2.97. The molecule has 0 bridgehead atoms. The summed E-state index contributed by atoms with van der Waals surface area (Å²) in [7, 11) is 1.64. The summed E-state index contributed by atoms with van der Waals surface area (Å²) in [6, 6.07) is 11.7. The molecule has 1 aromatic heterocycles. The maximum atomic E-state index is 6.14. The molecule has 0 radical (unpaired) electrons. The second-order valence-electron chi connectivity index (χ2n) is 5.62. The van der Waals surface area contributed by atoms with Crippen molar-refractivity contribution >= 4 is 23.5 Å². The van der Waals surface area contributed by atoms with Crippen LogP contribution in [0.25, 0.3) is 0 Å². The zero-order valence-corrected chi connectivity index (χ0v) is 15.4. The lowest BCUT2D eigenvalue weighted by atomic mass is 10.3. The van der Waals surface area contributed by atoms with Crippen LogP contribution in [0.3, 0.4) is 0 Å². The fourth-order valence-electron chi connectivity index (χ4n) is 2.42. The monoisotopic (exact) mass is 363 g/mol. The number of thioether (sulfide) groups is 2. The number of para-hydroxylation sites is 2. The van der Waals surface area contributed by atoms with Gasteiger partial charge < -0.3 is 14.2 Å². The van der Waals surface area contributed by atoms with Crippen molar-refractivity contribution in [2.45, 2.75) is 23.9 Å². The number of hydrogen-bond donors (Lipinski definition) is 0. The largest absolute Gasteiger partial charge is 0.493 e. The first kappa shape index (κ1) is 17.5. The molecule has 3 rings (SSSR count). The number of aromatic nitrogens is 1. The molecule has 0 amide bonds. The fourth-order valence-corrected chi connectivity index (χ4v) is 4.75. The third-order valence-electron chi connectivity index (χ3n) is 3.59. The van der Waals surface area contributed by atoms with Gasteiger partial charge in [0, 0.05) is 23.9 Å². The van der Waals surface area contributed by atoms with Gasteiger partial charge in [-0.1, -0.05) is 18.2 Å². The number of ether oxygens (including phenoxy) is 3. The normalized spacial score (nSPS) is 23.2. The lowest BCUT2D eigenvalue weighted by Gasteiger charge is -2.23. The molecular weight excluding hydrogens is 342 g/mol. The molecule has 2 unspecified atom stereocenters. The number of methoxy groups -OCH3 is 1. The number of nitrogens with zero attached hydrogens (tertiary/aromatic N) is 1. The van der Waals surface area contributed by atoms with Gasteiger partial charge >= 0.3 is 0 Å². The van der Waals surface area contributed by atoms with Gasteiger partial charge in [0.15, 0.2) is 11.5 Å². The number of rotatable bonds is 7. The van der Waals surface area contributed by atoms with Crippen molar-refractivity contribution in [3.05, 3.63) is 54.4 Å². The van der Waals surface area contributed by atoms with Crippen LogP contribution >= 0.6 is 23.5 Å². The van der Waals surface area contributed by atoms with Gasteiger partial charge in [0.1, 0.15) is 4.93 Å². The molecule has 2 aromatic rings. The first-order chi connectivity index (χ1) is 11.7. The van der Waals surface area contributed by atoms with Crippen molar-refractivity contribution in [1.82, 2.24) is 4.98 Å². The van der Waals surface area contributed by atoms with Gasteiger partial charge in [-0.3, -0.25) is 4.98 Å². The van der Waals surface area contributed by atoms with E-state index in [1.807, 2.05) is 48.3 Å². The van der Waals surface area contributed by atoms with Crippen LogP contribution in [-0.2, 0) is 10.5 Å². The van der Waals surface area contributed by atoms with E-state index in [1.165, 1.54) is 5.56 Å². The Morgan fingerprint density at radius 3 is 2.88 bits per heavy atom. The van der Waals surface area contributed by atoms with Crippen molar-refractivity contribution in [2.75, 3.05) is 18.6 Å². The summed E-state index contributed by atoms with van der Waals surface area (Å²) >= 11 is 3.65. The number of benzene rings is 1. The standard InChI is InChI=1S/C18H21NO3S2/c1-18(13-23-11-14-6-5-9-19-10-14)22-17(12-24-18)21-16-8-4-3-7-15(16)20-2/h3-10,17H,11-13H2,1-2H3. The lowest BCUT2D eigenvalue weighted by molar-refractivity contribution is -0.0911. The highest BCUT2D eigenvalue weighted by Crippen LogP contribution is 2.40. The molecule has 4 nitrogen and oxygen atoms in total. The Morgan fingerprint density at radius 2 is 2.12 bits per heavy atom. The Kier molecular flexibility index (Phi) is 5.92. The van der Waals surface area contributed by atoms with E-state index in [0.717, 1.165) is 28.8 Å². The van der Waals surface area contributed by atoms with Crippen LogP contribution in [0.15, 0.2) is 48.8 Å². The summed E-state index contributed by atoms with van der Waals surface area (Å²) in [6.45, 7) is 2.12. The molecule has 1 fully saturated rings. The molecule has 0 saturated carbocycles. The second-order valence-corrected chi connectivity index (χ2v) is 8.09. The highest BCUT2D eigenvalue weighted by Gasteiger charge is 2.38. The molecule has 2 heterocycles. The van der Waals surface area contributed by atoms with Gasteiger partial charge in [-0.05, 0) is 30.7 Å². The van der Waals surface area contributed by atoms with E-state index in [4.69, 9.17) is 14.2 Å². The van der Waals surface area contributed by atoms with Crippen LogP contribution in [0.5, 0.6) is 11.5 Å². The Hall–Kier alpha value is -1.37. The number of hydrogen-bond acceptors (Lipinski definition) is 6. The number of pyridine rings is 1. The van der Waals surface area contributed by atoms with Crippen LogP contribution in [0.2, 0.25) is 0 Å². The first-order valence-electron chi connectivity index (χ1n) is 7.77. The zero-order chi connectivity index (χ0) is 16.8. The molecule has 0 aliphatic carbocycles. The van der Waals surface area contributed by atoms with E-state index in [9.17, 15) is 0 Å². The third-order valence-corrected chi connectivity index (χ3v) is 6.35. The maximum absolute atomic E-state index is 6.14. The smallest absolute Gasteiger partial charge is 0.210 e. The lowest BCUT2D eigenvalue weighted by Crippen LogP contribution is -2.28. The molecule has 1 aromatic carbocycles. The molecule has 1 saturated heterocycles. The minimum atomic E-state index is -0.254. The highest BCUT2D eigenvalue weighted by atomic mass is 32.2. The SMILES string of the molecule is COc1ccccc1OC1CSC(C)(CSCc2cccnc2)O1. The summed E-state index contributed by atoms with van der Waals surface area (Å²) in [4.78, 5) is 3.91. The van der Waals surface area contributed by atoms with Gasteiger partial charge in [0.2, 0.25) is 6.29 Å². The van der Waals surface area contributed by atoms with E-state index < -0.39 is 0 Å². The first-order valence-corrected chi connectivity index (χ1v) is 9.91. The Morgan fingerprint density at radius 1 is 1.29 bits per heavy atom. The van der Waals surface area contributed by atoms with Crippen molar-refractivity contribution in [3.63, 3.8) is 0 Å². The van der Waals surface area contributed by atoms with Crippen molar-refractivity contribution in [1.29, 1.82) is 0 Å². The molecule has 128 valence electrons. The minimum absolute atomic E-state index is 0.237. The predicted molar refractivity (Wildman–Crippen MR) is 99.8 cm³/mol. The highest BCUT2D eigenvalue weighted by molar-refractivity contribution is 8.03. The Balaban J connectivity index is 1.50. The van der Waals surface area contributed by atoms with E-state index in [-0.39, 0.29) is 11.2 Å². The Labute approximate surface area is 151 Å². The van der Waals surface area contributed by atoms with Gasteiger partial charge in [-0.2, -0.15) is 11.8 Å². The van der Waals surface area contributed by atoms with Crippen molar-refractivity contribution < 1.29 is 14.2 Å². The molecule has 2 atom stereocenters. The average molecular weight is 364 g/mol. The zero-order valence-electron chi connectivity index (χ0n) is 13.8. The van der Waals surface area contributed by atoms with E-state index in [0.29, 0.717) is 0 Å². The third kappa shape index (κ3) is 4.59. The van der Waals surface area contributed by atoms with E-state index >= 15 is 0 Å². The van der Waals surface area contributed by atoms with Gasteiger partial charge in [-0.15, -0.1) is 11.8 Å². The summed E-state index contributed by atoms with van der Waals surface area (Å²) in [5, 5.41) is 0. The fraction of sp³-hybridized carbons (Fsp3) is 0.389. The van der Waals surface area contributed by atoms with Crippen molar-refractivity contribution in [2.24, 2.45) is 0 Å². The van der Waals surface area contributed by atoms with Gasteiger partial charge in [0.25, 0.3) is 0 Å². The molecule has 24 heavy (non-hydrogen) atoms. The molecular formula is C18H21NO3S2. The van der Waals surface area contributed by atoms with Crippen molar-refractivity contribution in [3.8, 4) is 11.5 Å². The summed E-state index contributed by atoms with van der Waals surface area (Å²) < 4.78 is 17.4. The topological polar surface area (TPSA) is 40.6 Å². The second kappa shape index (κ2) is 8.14. The summed E-state index contributed by atoms with van der Waals surface area (Å²) in [5.74, 6) is 4.09. The molecule has 6 heteroatoms. The molecule has 0 N–H and O–H groups in total. The van der Waals surface area contributed by atoms with E-state index in [1.54, 1.807) is 25.1 Å².